The fraction of sp³-hybridized carbons (Fsp3) is 0.333. The van der Waals surface area contributed by atoms with Crippen LogP contribution in [-0.2, 0) is 0 Å². The maximum atomic E-state index is 6.08. The van der Waals surface area contributed by atoms with Gasteiger partial charge < -0.3 is 15.2 Å². The number of amidine groups is 1. The van der Waals surface area contributed by atoms with Crippen molar-refractivity contribution in [2.45, 2.75) is 12.8 Å². The van der Waals surface area contributed by atoms with Crippen LogP contribution in [0.4, 0.5) is 5.69 Å². The molecule has 6 nitrogen and oxygen atoms in total. The molecule has 1 aromatic carbocycles. The second-order valence-electron chi connectivity index (χ2n) is 5.87. The number of nitrogens with zero attached hydrogens (tertiary/aromatic N) is 3. The first-order valence-corrected chi connectivity index (χ1v) is 8.14. The summed E-state index contributed by atoms with van der Waals surface area (Å²) in [6, 6.07) is 3.90. The third-order valence-electron chi connectivity index (χ3n) is 4.35. The van der Waals surface area contributed by atoms with E-state index in [1.54, 1.807) is 7.11 Å². The van der Waals surface area contributed by atoms with E-state index < -0.39 is 0 Å². The summed E-state index contributed by atoms with van der Waals surface area (Å²) in [5, 5.41) is 0. The number of allylic oxidation sites excluding steroid dienone is 2. The lowest BCUT2D eigenvalue weighted by Crippen LogP contribution is -2.42. The van der Waals surface area contributed by atoms with Gasteiger partial charge in [0.25, 0.3) is 0 Å². The Morgan fingerprint density at radius 1 is 1.29 bits per heavy atom. The van der Waals surface area contributed by atoms with Crippen LogP contribution in [0.1, 0.15) is 18.4 Å². The normalized spacial score (nSPS) is 18.4. The molecule has 2 aliphatic heterocycles. The Hall–Kier alpha value is -2.76. The number of hydrogen-bond acceptors (Lipinski definition) is 6. The molecular formula is C18H20N4O2. The lowest BCUT2D eigenvalue weighted by molar-refractivity contribution is 0.321. The van der Waals surface area contributed by atoms with Crippen molar-refractivity contribution >= 4 is 17.5 Å². The molecule has 6 heteroatoms. The highest BCUT2D eigenvalue weighted by Crippen LogP contribution is 2.43. The number of rotatable bonds is 4. The summed E-state index contributed by atoms with van der Waals surface area (Å²) in [7, 11) is 1.62. The van der Waals surface area contributed by atoms with Crippen LogP contribution in [0.2, 0.25) is 0 Å². The Labute approximate surface area is 141 Å². The molecular weight excluding hydrogens is 304 g/mol. The van der Waals surface area contributed by atoms with Crippen molar-refractivity contribution in [2.24, 2.45) is 15.7 Å². The topological polar surface area (TPSA) is 72.4 Å². The Morgan fingerprint density at radius 3 is 3.00 bits per heavy atom. The van der Waals surface area contributed by atoms with Gasteiger partial charge in [-0.05, 0) is 30.5 Å². The van der Waals surface area contributed by atoms with Gasteiger partial charge in [-0.2, -0.15) is 0 Å². The minimum Gasteiger partial charge on any atom is -0.491 e. The van der Waals surface area contributed by atoms with Crippen molar-refractivity contribution in [1.82, 2.24) is 4.90 Å². The monoisotopic (exact) mass is 324 g/mol. The third kappa shape index (κ3) is 2.44. The van der Waals surface area contributed by atoms with E-state index in [4.69, 9.17) is 15.2 Å². The molecule has 2 heterocycles. The summed E-state index contributed by atoms with van der Waals surface area (Å²) in [6.07, 6.45) is 8.63. The van der Waals surface area contributed by atoms with E-state index in [0.29, 0.717) is 29.8 Å². The number of methoxy groups -OCH3 is 1. The minimum absolute atomic E-state index is 0.451. The predicted molar refractivity (Wildman–Crippen MR) is 94.3 cm³/mol. The van der Waals surface area contributed by atoms with Gasteiger partial charge in [-0.25, -0.2) is 4.99 Å². The van der Waals surface area contributed by atoms with Crippen LogP contribution in [0.25, 0.3) is 0 Å². The summed E-state index contributed by atoms with van der Waals surface area (Å²) < 4.78 is 11.6. The highest BCUT2D eigenvalue weighted by Gasteiger charge is 2.31. The Balaban J connectivity index is 1.67. The number of aliphatic imine (C=N–C) groups is 2. The average molecular weight is 324 g/mol. The van der Waals surface area contributed by atoms with Gasteiger partial charge in [0, 0.05) is 12.1 Å². The zero-order valence-corrected chi connectivity index (χ0v) is 13.7. The van der Waals surface area contributed by atoms with Crippen molar-refractivity contribution < 1.29 is 9.47 Å². The standard InChI is InChI=1S/C18H20N4O2/c1-23-16-14(24-11-12-5-3-2-4-6-12)8-7-13-15(16)21-18(19)22-10-9-20-17(13)22/h3,5-8H,2,4,9-11H2,1H3,(H2,19,21). The Morgan fingerprint density at radius 2 is 2.21 bits per heavy atom. The van der Waals surface area contributed by atoms with Crippen LogP contribution in [-0.4, -0.2) is 43.5 Å². The number of benzene rings is 1. The molecule has 0 aromatic heterocycles. The van der Waals surface area contributed by atoms with Gasteiger partial charge in [-0.1, -0.05) is 18.2 Å². The smallest absolute Gasteiger partial charge is 0.202 e. The molecule has 1 aromatic rings. The molecule has 24 heavy (non-hydrogen) atoms. The van der Waals surface area contributed by atoms with Crippen molar-refractivity contribution in [3.05, 3.63) is 41.5 Å². The van der Waals surface area contributed by atoms with Crippen molar-refractivity contribution in [1.29, 1.82) is 0 Å². The highest BCUT2D eigenvalue weighted by molar-refractivity contribution is 6.16. The van der Waals surface area contributed by atoms with E-state index in [2.05, 4.69) is 28.2 Å². The van der Waals surface area contributed by atoms with E-state index in [1.807, 2.05) is 17.0 Å². The molecule has 0 radical (unpaired) electrons. The molecule has 0 bridgehead atoms. The SMILES string of the molecule is COc1c(OCC2=CCCC=C2)ccc2c1N=C(N)N1CCN=C21. The zero-order valence-electron chi connectivity index (χ0n) is 13.7. The van der Waals surface area contributed by atoms with Crippen LogP contribution < -0.4 is 15.2 Å². The first-order chi connectivity index (χ1) is 11.8. The molecule has 0 spiro atoms. The molecule has 0 atom stereocenters. The molecule has 1 aliphatic carbocycles. The lowest BCUT2D eigenvalue weighted by atomic mass is 10.1. The first-order valence-electron chi connectivity index (χ1n) is 8.14. The van der Waals surface area contributed by atoms with Gasteiger partial charge in [0.2, 0.25) is 5.96 Å². The number of nitrogens with two attached hydrogens (primary N) is 1. The van der Waals surface area contributed by atoms with E-state index in [9.17, 15) is 0 Å². The second-order valence-corrected chi connectivity index (χ2v) is 5.87. The van der Waals surface area contributed by atoms with E-state index >= 15 is 0 Å². The Bertz CT molecular complexity index is 792. The van der Waals surface area contributed by atoms with Crippen molar-refractivity contribution in [3.8, 4) is 11.5 Å². The lowest BCUT2D eigenvalue weighted by Gasteiger charge is -2.26. The quantitative estimate of drug-likeness (QED) is 0.923. The minimum atomic E-state index is 0.451. The summed E-state index contributed by atoms with van der Waals surface area (Å²) in [4.78, 5) is 11.0. The summed E-state index contributed by atoms with van der Waals surface area (Å²) in [6.45, 7) is 2.01. The highest BCUT2D eigenvalue weighted by atomic mass is 16.5. The summed E-state index contributed by atoms with van der Waals surface area (Å²) >= 11 is 0. The molecule has 4 rings (SSSR count). The maximum Gasteiger partial charge on any atom is 0.202 e. The second kappa shape index (κ2) is 6.03. The van der Waals surface area contributed by atoms with E-state index in [1.165, 1.54) is 5.57 Å². The number of ether oxygens (including phenoxy) is 2. The van der Waals surface area contributed by atoms with Gasteiger partial charge >= 0.3 is 0 Å². The fourth-order valence-electron chi connectivity index (χ4n) is 3.17. The predicted octanol–water partition coefficient (Wildman–Crippen LogP) is 2.37. The van der Waals surface area contributed by atoms with Crippen molar-refractivity contribution in [2.75, 3.05) is 26.8 Å². The summed E-state index contributed by atoms with van der Waals surface area (Å²) in [5.41, 5.74) is 8.88. The average Bonchev–Trinajstić information content (AvgIpc) is 3.11. The first kappa shape index (κ1) is 14.8. The van der Waals surface area contributed by atoms with Gasteiger partial charge in [-0.3, -0.25) is 9.89 Å². The molecule has 2 N–H and O–H groups in total. The van der Waals surface area contributed by atoms with E-state index in [-0.39, 0.29) is 0 Å². The van der Waals surface area contributed by atoms with E-state index in [0.717, 1.165) is 37.3 Å². The van der Waals surface area contributed by atoms with Gasteiger partial charge in [0.05, 0.1) is 13.7 Å². The third-order valence-corrected chi connectivity index (χ3v) is 4.35. The van der Waals surface area contributed by atoms with Crippen LogP contribution >= 0.6 is 0 Å². The van der Waals surface area contributed by atoms with Gasteiger partial charge in [-0.15, -0.1) is 0 Å². The molecule has 0 fully saturated rings. The van der Waals surface area contributed by atoms with Crippen LogP contribution in [0.5, 0.6) is 11.5 Å². The van der Waals surface area contributed by atoms with Gasteiger partial charge in [0.1, 0.15) is 18.1 Å². The number of fused-ring (bicyclic) bond motifs is 3. The molecule has 0 saturated heterocycles. The number of hydrogen-bond donors (Lipinski definition) is 1. The molecule has 0 amide bonds. The molecule has 0 unspecified atom stereocenters. The fourth-order valence-corrected chi connectivity index (χ4v) is 3.17. The van der Waals surface area contributed by atoms with Crippen LogP contribution in [0.3, 0.4) is 0 Å². The summed E-state index contributed by atoms with van der Waals surface area (Å²) in [5.74, 6) is 2.58. The van der Waals surface area contributed by atoms with Crippen molar-refractivity contribution in [3.63, 3.8) is 0 Å². The molecule has 3 aliphatic rings. The number of guanidine groups is 1. The Kier molecular flexibility index (Phi) is 3.72. The molecule has 0 saturated carbocycles. The van der Waals surface area contributed by atoms with Crippen LogP contribution in [0, 0.1) is 0 Å². The van der Waals surface area contributed by atoms with Gasteiger partial charge in [0.15, 0.2) is 11.5 Å². The van der Waals surface area contributed by atoms with Crippen LogP contribution in [0.15, 0.2) is 45.9 Å². The largest absolute Gasteiger partial charge is 0.491 e. The molecule has 124 valence electrons. The maximum absolute atomic E-state index is 6.08. The zero-order chi connectivity index (χ0) is 16.5.